The van der Waals surface area contributed by atoms with Crippen LogP contribution in [0.3, 0.4) is 0 Å². The number of benzene rings is 1. The molecular weight excluding hydrogens is 376 g/mol. The van der Waals surface area contributed by atoms with E-state index in [2.05, 4.69) is 20.5 Å². The molecule has 0 saturated heterocycles. The molecule has 30 heavy (non-hydrogen) atoms. The molecule has 0 aliphatic heterocycles. The van der Waals surface area contributed by atoms with Crippen LogP contribution in [0, 0.1) is 0 Å². The van der Waals surface area contributed by atoms with Gasteiger partial charge in [-0.05, 0) is 43.5 Å². The zero-order chi connectivity index (χ0) is 20.3. The molecule has 3 aromatic heterocycles. The highest BCUT2D eigenvalue weighted by Crippen LogP contribution is 2.31. The fourth-order valence-electron chi connectivity index (χ4n) is 4.09. The van der Waals surface area contributed by atoms with Crippen LogP contribution in [0.15, 0.2) is 67.3 Å². The van der Waals surface area contributed by atoms with Gasteiger partial charge in [0.25, 0.3) is 0 Å². The van der Waals surface area contributed by atoms with Crippen molar-refractivity contribution in [3.63, 3.8) is 0 Å². The van der Waals surface area contributed by atoms with Gasteiger partial charge in [0.05, 0.1) is 25.2 Å². The molecule has 0 saturated carbocycles. The number of para-hydroxylation sites is 2. The summed E-state index contributed by atoms with van der Waals surface area (Å²) in [7, 11) is 1.68. The monoisotopic (exact) mass is 400 g/mol. The van der Waals surface area contributed by atoms with Gasteiger partial charge in [-0.3, -0.25) is 0 Å². The molecule has 7 nitrogen and oxygen atoms in total. The number of hydrogen-bond donors (Lipinski definition) is 1. The maximum Gasteiger partial charge on any atom is 0.153 e. The normalized spacial score (nSPS) is 15.7. The van der Waals surface area contributed by atoms with E-state index in [1.54, 1.807) is 13.3 Å². The predicted octanol–water partition coefficient (Wildman–Crippen LogP) is 3.63. The van der Waals surface area contributed by atoms with Gasteiger partial charge in [-0.2, -0.15) is 10.2 Å². The van der Waals surface area contributed by atoms with Gasteiger partial charge >= 0.3 is 0 Å². The zero-order valence-electron chi connectivity index (χ0n) is 16.9. The van der Waals surface area contributed by atoms with Gasteiger partial charge in [0.15, 0.2) is 5.82 Å². The van der Waals surface area contributed by atoms with Crippen LogP contribution in [0.2, 0.25) is 0 Å². The van der Waals surface area contributed by atoms with Crippen LogP contribution in [0.1, 0.15) is 35.7 Å². The lowest BCUT2D eigenvalue weighted by Crippen LogP contribution is -2.25. The Labute approximate surface area is 175 Å². The van der Waals surface area contributed by atoms with E-state index in [1.165, 1.54) is 11.3 Å². The molecule has 0 bridgehead atoms. The first-order valence-corrected chi connectivity index (χ1v) is 10.2. The molecule has 0 unspecified atom stereocenters. The lowest BCUT2D eigenvalue weighted by Gasteiger charge is -2.24. The highest BCUT2D eigenvalue weighted by molar-refractivity contribution is 5.46. The minimum absolute atomic E-state index is 0.279. The third-order valence-corrected chi connectivity index (χ3v) is 5.57. The summed E-state index contributed by atoms with van der Waals surface area (Å²) in [6.45, 7) is 0.744. The molecule has 3 heterocycles. The van der Waals surface area contributed by atoms with Gasteiger partial charge in [-0.1, -0.05) is 18.2 Å². The summed E-state index contributed by atoms with van der Waals surface area (Å²) in [6, 6.07) is 14.1. The van der Waals surface area contributed by atoms with E-state index in [4.69, 9.17) is 4.74 Å². The van der Waals surface area contributed by atoms with Gasteiger partial charge in [0.1, 0.15) is 11.4 Å². The number of ether oxygens (including phenoxy) is 1. The highest BCUT2D eigenvalue weighted by Gasteiger charge is 2.24. The molecule has 1 aliphatic rings. The van der Waals surface area contributed by atoms with Crippen LogP contribution < -0.4 is 10.1 Å². The van der Waals surface area contributed by atoms with Gasteiger partial charge in [-0.25, -0.2) is 14.3 Å². The van der Waals surface area contributed by atoms with Crippen LogP contribution in [-0.2, 0) is 13.0 Å². The first-order valence-electron chi connectivity index (χ1n) is 10.2. The van der Waals surface area contributed by atoms with Crippen molar-refractivity contribution >= 4 is 0 Å². The molecular formula is C23H24N6O. The predicted molar refractivity (Wildman–Crippen MR) is 114 cm³/mol. The fourth-order valence-corrected chi connectivity index (χ4v) is 4.09. The molecule has 1 aromatic carbocycles. The Balaban J connectivity index is 1.32. The number of nitrogens with zero attached hydrogens (tertiary/aromatic N) is 5. The second-order valence-corrected chi connectivity index (χ2v) is 7.44. The largest absolute Gasteiger partial charge is 0.494 e. The Morgan fingerprint density at radius 1 is 1.10 bits per heavy atom. The van der Waals surface area contributed by atoms with E-state index in [9.17, 15) is 0 Å². The maximum absolute atomic E-state index is 5.45. The third-order valence-electron chi connectivity index (χ3n) is 5.57. The number of fused-ring (bicyclic) bond motifs is 1. The summed E-state index contributed by atoms with van der Waals surface area (Å²) in [6.07, 6.45) is 11.0. The average molecular weight is 400 g/mol. The van der Waals surface area contributed by atoms with Crippen molar-refractivity contribution < 1.29 is 4.74 Å². The zero-order valence-corrected chi connectivity index (χ0v) is 16.9. The van der Waals surface area contributed by atoms with Gasteiger partial charge in [0, 0.05) is 36.1 Å². The average Bonchev–Trinajstić information content (AvgIpc) is 3.46. The summed E-state index contributed by atoms with van der Waals surface area (Å²) in [4.78, 5) is 4.45. The summed E-state index contributed by atoms with van der Waals surface area (Å²) in [5.41, 5.74) is 4.58. The first-order chi connectivity index (χ1) is 14.8. The summed E-state index contributed by atoms with van der Waals surface area (Å²) in [5, 5.41) is 12.8. The number of methoxy groups -OCH3 is 1. The lowest BCUT2D eigenvalue weighted by atomic mass is 9.93. The van der Waals surface area contributed by atoms with E-state index in [-0.39, 0.29) is 6.04 Å². The molecule has 7 heteroatoms. The molecule has 0 radical (unpaired) electrons. The van der Waals surface area contributed by atoms with Crippen molar-refractivity contribution in [1.82, 2.24) is 29.9 Å². The van der Waals surface area contributed by atoms with Crippen molar-refractivity contribution in [1.29, 1.82) is 0 Å². The second kappa shape index (κ2) is 8.12. The molecule has 0 amide bonds. The summed E-state index contributed by atoms with van der Waals surface area (Å²) >= 11 is 0. The molecule has 5 rings (SSSR count). The lowest BCUT2D eigenvalue weighted by molar-refractivity contribution is 0.411. The molecule has 152 valence electrons. The van der Waals surface area contributed by atoms with Crippen LogP contribution in [0.5, 0.6) is 5.75 Å². The number of rotatable bonds is 6. The standard InChI is InChI=1S/C23H24N6O/c1-30-22-10-3-2-8-21(22)28-16-17(14-26-28)13-25-19-7-6-9-20-18(19)15-27-29(20)23-11-4-5-12-24-23/h2-5,8,10-12,14-16,19,25H,6-7,9,13H2,1H3/t19-/m1/s1. The van der Waals surface area contributed by atoms with E-state index >= 15 is 0 Å². The number of pyridine rings is 1. The number of hydrogen-bond acceptors (Lipinski definition) is 5. The van der Waals surface area contributed by atoms with E-state index < -0.39 is 0 Å². The van der Waals surface area contributed by atoms with E-state index in [0.717, 1.165) is 48.6 Å². The molecule has 0 fully saturated rings. The van der Waals surface area contributed by atoms with Crippen LogP contribution in [0.4, 0.5) is 0 Å². The highest BCUT2D eigenvalue weighted by atomic mass is 16.5. The fraction of sp³-hybridized carbons (Fsp3) is 0.261. The van der Waals surface area contributed by atoms with Gasteiger partial charge in [0.2, 0.25) is 0 Å². The molecule has 1 atom stereocenters. The first kappa shape index (κ1) is 18.6. The van der Waals surface area contributed by atoms with Crippen molar-refractivity contribution in [2.24, 2.45) is 0 Å². The number of aromatic nitrogens is 5. The molecule has 4 aromatic rings. The summed E-state index contributed by atoms with van der Waals surface area (Å²) in [5.74, 6) is 1.68. The Bertz CT molecular complexity index is 1130. The Kier molecular flexibility index (Phi) is 5.03. The topological polar surface area (TPSA) is 69.8 Å². The van der Waals surface area contributed by atoms with Crippen molar-refractivity contribution in [3.05, 3.63) is 84.1 Å². The molecule has 0 spiro atoms. The summed E-state index contributed by atoms with van der Waals surface area (Å²) < 4.78 is 9.29. The Morgan fingerprint density at radius 2 is 2.00 bits per heavy atom. The van der Waals surface area contributed by atoms with Crippen molar-refractivity contribution in [2.75, 3.05) is 7.11 Å². The Hall–Kier alpha value is -3.45. The van der Waals surface area contributed by atoms with Gasteiger partial charge < -0.3 is 10.1 Å². The Morgan fingerprint density at radius 3 is 2.87 bits per heavy atom. The van der Waals surface area contributed by atoms with E-state index in [0.29, 0.717) is 0 Å². The van der Waals surface area contributed by atoms with Crippen LogP contribution in [-0.4, -0.2) is 31.7 Å². The quantitative estimate of drug-likeness (QED) is 0.535. The minimum atomic E-state index is 0.279. The molecule has 1 aliphatic carbocycles. The smallest absolute Gasteiger partial charge is 0.153 e. The molecule has 1 N–H and O–H groups in total. The van der Waals surface area contributed by atoms with Gasteiger partial charge in [-0.15, -0.1) is 0 Å². The van der Waals surface area contributed by atoms with Crippen LogP contribution in [0.25, 0.3) is 11.5 Å². The number of nitrogens with one attached hydrogen (secondary N) is 1. The SMILES string of the molecule is COc1ccccc1-n1cc(CN[C@@H]2CCCc3c2cnn3-c2ccccn2)cn1. The third kappa shape index (κ3) is 3.48. The second-order valence-electron chi connectivity index (χ2n) is 7.44. The maximum atomic E-state index is 5.45. The van der Waals surface area contributed by atoms with Crippen molar-refractivity contribution in [3.8, 4) is 17.3 Å². The van der Waals surface area contributed by atoms with Crippen molar-refractivity contribution in [2.45, 2.75) is 31.8 Å². The van der Waals surface area contributed by atoms with E-state index in [1.807, 2.05) is 70.4 Å². The minimum Gasteiger partial charge on any atom is -0.494 e. The van der Waals surface area contributed by atoms with Crippen LogP contribution >= 0.6 is 0 Å².